The molecule has 0 aliphatic heterocycles. The third kappa shape index (κ3) is 2.03. The number of nitrogens with zero attached hydrogens (tertiary/aromatic N) is 2. The predicted octanol–water partition coefficient (Wildman–Crippen LogP) is 2.21. The van der Waals surface area contributed by atoms with E-state index in [2.05, 4.69) is 9.97 Å². The van der Waals surface area contributed by atoms with Gasteiger partial charge in [0.25, 0.3) is 0 Å². The van der Waals surface area contributed by atoms with Crippen molar-refractivity contribution in [2.45, 2.75) is 9.92 Å². The Bertz CT molecular complexity index is 417. The maximum Gasteiger partial charge on any atom is 0.101 e. The van der Waals surface area contributed by atoms with E-state index in [1.54, 1.807) is 18.6 Å². The zero-order valence-corrected chi connectivity index (χ0v) is 8.24. The van der Waals surface area contributed by atoms with E-state index < -0.39 is 0 Å². The minimum absolute atomic E-state index is 0.683. The Labute approximate surface area is 86.4 Å². The van der Waals surface area contributed by atoms with Crippen molar-refractivity contribution in [2.24, 2.45) is 0 Å². The molecule has 14 heavy (non-hydrogen) atoms. The Morgan fingerprint density at radius 3 is 2.79 bits per heavy atom. The van der Waals surface area contributed by atoms with Crippen LogP contribution in [-0.4, -0.2) is 9.97 Å². The van der Waals surface area contributed by atoms with Crippen molar-refractivity contribution in [1.29, 1.82) is 0 Å². The third-order valence-corrected chi connectivity index (χ3v) is 2.70. The van der Waals surface area contributed by atoms with Crippen LogP contribution in [0.4, 0.5) is 5.69 Å². The third-order valence-electron chi connectivity index (χ3n) is 1.66. The average Bonchev–Trinajstić information content (AvgIpc) is 2.23. The van der Waals surface area contributed by atoms with E-state index in [0.717, 1.165) is 9.92 Å². The molecule has 0 aliphatic rings. The van der Waals surface area contributed by atoms with Crippen LogP contribution < -0.4 is 5.73 Å². The van der Waals surface area contributed by atoms with Crippen LogP contribution in [0.25, 0.3) is 0 Å². The molecule has 0 amide bonds. The molecule has 0 aliphatic carbocycles. The quantitative estimate of drug-likeness (QED) is 0.813. The fourth-order valence-corrected chi connectivity index (χ4v) is 1.79. The first-order chi connectivity index (χ1) is 6.86. The molecule has 2 N–H and O–H groups in total. The molecule has 2 aromatic heterocycles. The Morgan fingerprint density at radius 1 is 1.14 bits per heavy atom. The van der Waals surface area contributed by atoms with E-state index in [1.807, 2.05) is 24.3 Å². The van der Waals surface area contributed by atoms with Crippen LogP contribution >= 0.6 is 11.8 Å². The first-order valence-electron chi connectivity index (χ1n) is 4.14. The van der Waals surface area contributed by atoms with Gasteiger partial charge in [0.05, 0.1) is 11.9 Å². The molecule has 4 heteroatoms. The van der Waals surface area contributed by atoms with E-state index in [9.17, 15) is 0 Å². The number of nitrogens with two attached hydrogens (primary N) is 1. The van der Waals surface area contributed by atoms with Gasteiger partial charge in [0.1, 0.15) is 5.03 Å². The lowest BCUT2D eigenvalue weighted by atomic mass is 10.4. The summed E-state index contributed by atoms with van der Waals surface area (Å²) >= 11 is 1.54. The molecular formula is C10H9N3S. The van der Waals surface area contributed by atoms with Crippen LogP contribution in [0.5, 0.6) is 0 Å². The Hall–Kier alpha value is -1.55. The molecule has 0 bridgehead atoms. The van der Waals surface area contributed by atoms with Gasteiger partial charge in [-0.15, -0.1) is 0 Å². The molecule has 0 aromatic carbocycles. The van der Waals surface area contributed by atoms with Gasteiger partial charge >= 0.3 is 0 Å². The van der Waals surface area contributed by atoms with Crippen LogP contribution in [0.15, 0.2) is 52.8 Å². The van der Waals surface area contributed by atoms with Gasteiger partial charge in [0.2, 0.25) is 0 Å². The highest BCUT2D eigenvalue weighted by Crippen LogP contribution is 2.29. The van der Waals surface area contributed by atoms with E-state index in [0.29, 0.717) is 5.69 Å². The van der Waals surface area contributed by atoms with Crippen molar-refractivity contribution >= 4 is 17.4 Å². The summed E-state index contributed by atoms with van der Waals surface area (Å²) in [5.74, 6) is 0. The summed E-state index contributed by atoms with van der Waals surface area (Å²) in [6, 6.07) is 7.67. The zero-order valence-electron chi connectivity index (χ0n) is 7.42. The normalized spacial score (nSPS) is 10.0. The number of pyridine rings is 2. The van der Waals surface area contributed by atoms with E-state index in [1.165, 1.54) is 11.8 Å². The SMILES string of the molecule is Nc1cnccc1Sc1ccccn1. The topological polar surface area (TPSA) is 51.8 Å². The van der Waals surface area contributed by atoms with Gasteiger partial charge in [0, 0.05) is 17.3 Å². The standard InChI is InChI=1S/C10H9N3S/c11-8-7-12-6-4-9(8)14-10-3-1-2-5-13-10/h1-7H,11H2. The van der Waals surface area contributed by atoms with Gasteiger partial charge in [-0.05, 0) is 18.2 Å². The smallest absolute Gasteiger partial charge is 0.101 e. The van der Waals surface area contributed by atoms with E-state index >= 15 is 0 Å². The number of aromatic nitrogens is 2. The maximum absolute atomic E-state index is 5.76. The highest BCUT2D eigenvalue weighted by Gasteiger charge is 2.00. The summed E-state index contributed by atoms with van der Waals surface area (Å²) in [6.07, 6.45) is 5.13. The second-order valence-electron chi connectivity index (χ2n) is 2.68. The Morgan fingerprint density at radius 2 is 2.07 bits per heavy atom. The summed E-state index contributed by atoms with van der Waals surface area (Å²) in [5, 5.41) is 0.936. The number of nitrogen functional groups attached to an aromatic ring is 1. The largest absolute Gasteiger partial charge is 0.397 e. The van der Waals surface area contributed by atoms with Crippen molar-refractivity contribution in [3.63, 3.8) is 0 Å². The summed E-state index contributed by atoms with van der Waals surface area (Å²) in [5.41, 5.74) is 6.44. The summed E-state index contributed by atoms with van der Waals surface area (Å²) in [7, 11) is 0. The van der Waals surface area contributed by atoms with Crippen LogP contribution in [0.3, 0.4) is 0 Å². The molecule has 2 heterocycles. The lowest BCUT2D eigenvalue weighted by Gasteiger charge is -2.02. The van der Waals surface area contributed by atoms with Gasteiger partial charge in [-0.1, -0.05) is 17.8 Å². The van der Waals surface area contributed by atoms with Crippen LogP contribution in [0, 0.1) is 0 Å². The first kappa shape index (κ1) is 9.02. The van der Waals surface area contributed by atoms with Crippen molar-refractivity contribution in [2.75, 3.05) is 5.73 Å². The highest BCUT2D eigenvalue weighted by molar-refractivity contribution is 7.99. The van der Waals surface area contributed by atoms with Gasteiger partial charge in [-0.2, -0.15) is 0 Å². The molecule has 0 spiro atoms. The lowest BCUT2D eigenvalue weighted by molar-refractivity contribution is 1.13. The number of rotatable bonds is 2. The first-order valence-corrected chi connectivity index (χ1v) is 4.96. The van der Waals surface area contributed by atoms with Gasteiger partial charge in [-0.3, -0.25) is 4.98 Å². The van der Waals surface area contributed by atoms with Gasteiger partial charge in [0.15, 0.2) is 0 Å². The second kappa shape index (κ2) is 4.11. The van der Waals surface area contributed by atoms with Crippen molar-refractivity contribution in [3.8, 4) is 0 Å². The highest BCUT2D eigenvalue weighted by atomic mass is 32.2. The molecule has 0 atom stereocenters. The lowest BCUT2D eigenvalue weighted by Crippen LogP contribution is -1.89. The molecule has 2 aromatic rings. The molecule has 0 radical (unpaired) electrons. The van der Waals surface area contributed by atoms with Crippen LogP contribution in [-0.2, 0) is 0 Å². The van der Waals surface area contributed by atoms with Crippen molar-refractivity contribution < 1.29 is 0 Å². The summed E-state index contributed by atoms with van der Waals surface area (Å²) in [6.45, 7) is 0. The van der Waals surface area contributed by atoms with Crippen LogP contribution in [0.2, 0.25) is 0 Å². The molecule has 2 rings (SSSR count). The minimum atomic E-state index is 0.683. The number of anilines is 1. The van der Waals surface area contributed by atoms with Gasteiger partial charge in [-0.25, -0.2) is 4.98 Å². The molecule has 70 valence electrons. The van der Waals surface area contributed by atoms with Crippen molar-refractivity contribution in [1.82, 2.24) is 9.97 Å². The Balaban J connectivity index is 2.24. The molecule has 0 saturated carbocycles. The van der Waals surface area contributed by atoms with Crippen molar-refractivity contribution in [3.05, 3.63) is 42.9 Å². The maximum atomic E-state index is 5.76. The number of hydrogen-bond acceptors (Lipinski definition) is 4. The average molecular weight is 203 g/mol. The monoisotopic (exact) mass is 203 g/mol. The van der Waals surface area contributed by atoms with Crippen LogP contribution in [0.1, 0.15) is 0 Å². The minimum Gasteiger partial charge on any atom is -0.397 e. The molecule has 3 nitrogen and oxygen atoms in total. The zero-order chi connectivity index (χ0) is 9.80. The van der Waals surface area contributed by atoms with E-state index in [4.69, 9.17) is 5.73 Å². The fourth-order valence-electron chi connectivity index (χ4n) is 1.01. The predicted molar refractivity (Wildman–Crippen MR) is 57.0 cm³/mol. The summed E-state index contributed by atoms with van der Waals surface area (Å²) in [4.78, 5) is 9.11. The Kier molecular flexibility index (Phi) is 2.65. The molecule has 0 unspecified atom stereocenters. The van der Waals surface area contributed by atoms with Gasteiger partial charge < -0.3 is 5.73 Å². The summed E-state index contributed by atoms with van der Waals surface area (Å²) < 4.78 is 0. The molecular weight excluding hydrogens is 194 g/mol. The fraction of sp³-hybridized carbons (Fsp3) is 0. The van der Waals surface area contributed by atoms with E-state index in [-0.39, 0.29) is 0 Å². The molecule has 0 saturated heterocycles. The second-order valence-corrected chi connectivity index (χ2v) is 3.75. The number of hydrogen-bond donors (Lipinski definition) is 1. The molecule has 0 fully saturated rings.